The van der Waals surface area contributed by atoms with Crippen molar-refractivity contribution in [3.63, 3.8) is 0 Å². The number of methoxy groups -OCH3 is 1. The number of carbonyl (C=O) groups is 1. The molecule has 8 heteroatoms. The summed E-state index contributed by atoms with van der Waals surface area (Å²) in [5.41, 5.74) is 0.671. The molecule has 0 spiro atoms. The molecule has 0 aliphatic rings. The first kappa shape index (κ1) is 19.4. The minimum atomic E-state index is -3.78. The molecule has 1 amide bonds. The van der Waals surface area contributed by atoms with Gasteiger partial charge in [-0.25, -0.2) is 13.1 Å². The van der Waals surface area contributed by atoms with Crippen LogP contribution in [0.2, 0.25) is 0 Å². The van der Waals surface area contributed by atoms with E-state index in [1.807, 2.05) is 0 Å². The lowest BCUT2D eigenvalue weighted by Gasteiger charge is -2.19. The molecule has 0 aromatic heterocycles. The maximum absolute atomic E-state index is 12.6. The molecule has 134 valence electrons. The number of carbonyl (C=O) groups excluding carboxylic acids is 1. The lowest BCUT2D eigenvalue weighted by Crippen LogP contribution is -2.32. The van der Waals surface area contributed by atoms with Crippen molar-refractivity contribution in [2.45, 2.75) is 17.4 Å². The number of amides is 1. The van der Waals surface area contributed by atoms with Crippen LogP contribution in [0.25, 0.3) is 0 Å². The predicted octanol–water partition coefficient (Wildman–Crippen LogP) is 2.61. The average molecular weight is 427 g/mol. The van der Waals surface area contributed by atoms with Gasteiger partial charge in [-0.1, -0.05) is 28.1 Å². The monoisotopic (exact) mass is 426 g/mol. The van der Waals surface area contributed by atoms with Gasteiger partial charge in [0.2, 0.25) is 15.9 Å². The minimum absolute atomic E-state index is 0.0153. The largest absolute Gasteiger partial charge is 0.497 e. The van der Waals surface area contributed by atoms with E-state index in [0.717, 1.165) is 4.47 Å². The van der Waals surface area contributed by atoms with E-state index in [1.165, 1.54) is 19.2 Å². The van der Waals surface area contributed by atoms with Crippen LogP contribution in [0.3, 0.4) is 0 Å². The number of halogens is 1. The van der Waals surface area contributed by atoms with Gasteiger partial charge in [0.05, 0.1) is 18.0 Å². The normalized spacial score (nSPS) is 12.4. The van der Waals surface area contributed by atoms with Gasteiger partial charge in [0, 0.05) is 17.9 Å². The van der Waals surface area contributed by atoms with Gasteiger partial charge in [-0.15, -0.1) is 0 Å². The number of ether oxygens (including phenoxy) is 1. The van der Waals surface area contributed by atoms with Crippen LogP contribution in [0.4, 0.5) is 0 Å². The molecular formula is C17H19BrN2O4S. The minimum Gasteiger partial charge on any atom is -0.497 e. The van der Waals surface area contributed by atoms with Crippen molar-refractivity contribution >= 4 is 31.9 Å². The molecule has 2 N–H and O–H groups in total. The van der Waals surface area contributed by atoms with E-state index < -0.39 is 16.1 Å². The second-order valence-corrected chi connectivity index (χ2v) is 7.91. The Bertz CT molecular complexity index is 821. The molecule has 0 saturated heterocycles. The molecule has 0 radical (unpaired) electrons. The standard InChI is InChI=1S/C17H19BrN2O4S/c1-19-17(21)11-16(12-3-7-14(24-2)8-4-12)20-25(22,23)15-9-5-13(18)6-10-15/h3-10,16,20H,11H2,1-2H3,(H,19,21)/t16-/m1/s1. The third-order valence-electron chi connectivity index (χ3n) is 3.61. The number of nitrogens with one attached hydrogen (secondary N) is 2. The third kappa shape index (κ3) is 5.29. The molecule has 0 aliphatic carbocycles. The Balaban J connectivity index is 2.31. The molecule has 1 atom stereocenters. The molecule has 0 aliphatic heterocycles. The molecule has 2 aromatic carbocycles. The highest BCUT2D eigenvalue weighted by Crippen LogP contribution is 2.23. The summed E-state index contributed by atoms with van der Waals surface area (Å²) in [5, 5.41) is 2.52. The highest BCUT2D eigenvalue weighted by molar-refractivity contribution is 9.10. The van der Waals surface area contributed by atoms with Crippen molar-refractivity contribution in [2.75, 3.05) is 14.2 Å². The van der Waals surface area contributed by atoms with E-state index in [0.29, 0.717) is 11.3 Å². The number of hydrogen-bond acceptors (Lipinski definition) is 4. The fraction of sp³-hybridized carbons (Fsp3) is 0.235. The molecule has 0 fully saturated rings. The topological polar surface area (TPSA) is 84.5 Å². The van der Waals surface area contributed by atoms with Crippen molar-refractivity contribution in [2.24, 2.45) is 0 Å². The van der Waals surface area contributed by atoms with E-state index in [2.05, 4.69) is 26.0 Å². The molecule has 0 unspecified atom stereocenters. The van der Waals surface area contributed by atoms with E-state index in [-0.39, 0.29) is 17.2 Å². The number of hydrogen-bond donors (Lipinski definition) is 2. The zero-order valence-corrected chi connectivity index (χ0v) is 16.2. The maximum Gasteiger partial charge on any atom is 0.241 e. The first-order valence-corrected chi connectivity index (χ1v) is 9.76. The van der Waals surface area contributed by atoms with Gasteiger partial charge in [0.25, 0.3) is 0 Å². The Morgan fingerprint density at radius 2 is 1.72 bits per heavy atom. The van der Waals surface area contributed by atoms with Crippen LogP contribution in [0.5, 0.6) is 5.75 Å². The third-order valence-corrected chi connectivity index (χ3v) is 5.62. The van der Waals surface area contributed by atoms with Crippen molar-refractivity contribution in [1.29, 1.82) is 0 Å². The summed E-state index contributed by atoms with van der Waals surface area (Å²) in [6.45, 7) is 0. The summed E-state index contributed by atoms with van der Waals surface area (Å²) in [6, 6.07) is 12.5. The summed E-state index contributed by atoms with van der Waals surface area (Å²) in [4.78, 5) is 11.9. The van der Waals surface area contributed by atoms with Crippen LogP contribution in [-0.2, 0) is 14.8 Å². The highest BCUT2D eigenvalue weighted by atomic mass is 79.9. The second kappa shape index (κ2) is 8.46. The predicted molar refractivity (Wildman–Crippen MR) is 98.9 cm³/mol. The van der Waals surface area contributed by atoms with Crippen LogP contribution >= 0.6 is 15.9 Å². The van der Waals surface area contributed by atoms with Crippen LogP contribution in [0.1, 0.15) is 18.0 Å². The van der Waals surface area contributed by atoms with Gasteiger partial charge < -0.3 is 10.1 Å². The van der Waals surface area contributed by atoms with Crippen LogP contribution < -0.4 is 14.8 Å². The van der Waals surface area contributed by atoms with Crippen molar-refractivity contribution < 1.29 is 17.9 Å². The van der Waals surface area contributed by atoms with E-state index >= 15 is 0 Å². The van der Waals surface area contributed by atoms with Crippen molar-refractivity contribution in [3.8, 4) is 5.75 Å². The summed E-state index contributed by atoms with van der Waals surface area (Å²) in [5.74, 6) is 0.387. The fourth-order valence-corrected chi connectivity index (χ4v) is 3.71. The summed E-state index contributed by atoms with van der Waals surface area (Å²) in [7, 11) is -0.717. The number of sulfonamides is 1. The molecule has 2 aromatic rings. The number of rotatable bonds is 7. The first-order valence-electron chi connectivity index (χ1n) is 7.48. The molecule has 2 rings (SSSR count). The fourth-order valence-electron chi connectivity index (χ4n) is 2.22. The van der Waals surface area contributed by atoms with Gasteiger partial charge in [-0.3, -0.25) is 4.79 Å². The van der Waals surface area contributed by atoms with Crippen LogP contribution in [0, 0.1) is 0 Å². The second-order valence-electron chi connectivity index (χ2n) is 5.28. The Labute approximate surface area is 155 Å². The first-order chi connectivity index (χ1) is 11.9. The molecular weight excluding hydrogens is 408 g/mol. The zero-order chi connectivity index (χ0) is 18.4. The van der Waals surface area contributed by atoms with Crippen molar-refractivity contribution in [3.05, 3.63) is 58.6 Å². The summed E-state index contributed by atoms with van der Waals surface area (Å²) < 4.78 is 33.8. The average Bonchev–Trinajstić information content (AvgIpc) is 2.61. The Morgan fingerprint density at radius 1 is 1.12 bits per heavy atom. The van der Waals surface area contributed by atoms with Crippen LogP contribution in [-0.4, -0.2) is 28.5 Å². The Kier molecular flexibility index (Phi) is 6.57. The zero-order valence-electron chi connectivity index (χ0n) is 13.8. The Morgan fingerprint density at radius 3 is 2.24 bits per heavy atom. The molecule has 0 bridgehead atoms. The highest BCUT2D eigenvalue weighted by Gasteiger charge is 2.23. The number of benzene rings is 2. The van der Waals surface area contributed by atoms with Gasteiger partial charge in [0.1, 0.15) is 5.75 Å². The quantitative estimate of drug-likeness (QED) is 0.712. The SMILES string of the molecule is CNC(=O)C[C@@H](NS(=O)(=O)c1ccc(Br)cc1)c1ccc(OC)cc1. The molecule has 0 saturated carbocycles. The van der Waals surface area contributed by atoms with E-state index in [4.69, 9.17) is 4.74 Å². The van der Waals surface area contributed by atoms with Gasteiger partial charge in [-0.05, 0) is 42.0 Å². The van der Waals surface area contributed by atoms with Gasteiger partial charge in [0.15, 0.2) is 0 Å². The van der Waals surface area contributed by atoms with E-state index in [9.17, 15) is 13.2 Å². The van der Waals surface area contributed by atoms with Crippen LogP contribution in [0.15, 0.2) is 57.9 Å². The lowest BCUT2D eigenvalue weighted by molar-refractivity contribution is -0.121. The smallest absolute Gasteiger partial charge is 0.241 e. The van der Waals surface area contributed by atoms with Gasteiger partial charge >= 0.3 is 0 Å². The Hall–Kier alpha value is -1.90. The van der Waals surface area contributed by atoms with E-state index in [1.54, 1.807) is 43.5 Å². The lowest BCUT2D eigenvalue weighted by atomic mass is 10.0. The summed E-state index contributed by atoms with van der Waals surface area (Å²) in [6.07, 6.45) is -0.0153. The van der Waals surface area contributed by atoms with Crippen molar-refractivity contribution in [1.82, 2.24) is 10.0 Å². The summed E-state index contributed by atoms with van der Waals surface area (Å²) >= 11 is 3.28. The molecule has 0 heterocycles. The molecule has 6 nitrogen and oxygen atoms in total. The van der Waals surface area contributed by atoms with Gasteiger partial charge in [-0.2, -0.15) is 0 Å². The molecule has 25 heavy (non-hydrogen) atoms. The maximum atomic E-state index is 12.6.